The second-order valence-electron chi connectivity index (χ2n) is 3.90. The van der Waals surface area contributed by atoms with Crippen LogP contribution >= 0.6 is 0 Å². The van der Waals surface area contributed by atoms with Crippen LogP contribution in [-0.2, 0) is 19.0 Å². The molecule has 0 rings (SSSR count). The normalized spacial score (nSPS) is 10.5. The molecule has 102 valence electrons. The van der Waals surface area contributed by atoms with Crippen molar-refractivity contribution in [2.45, 2.75) is 46.0 Å². The minimum Gasteiger partial charge on any atom is -0.463 e. The van der Waals surface area contributed by atoms with Crippen molar-refractivity contribution >= 4 is 5.97 Å². The fourth-order valence-corrected chi connectivity index (χ4v) is 1.14. The van der Waals surface area contributed by atoms with Gasteiger partial charge in [0.15, 0.2) is 0 Å². The molecule has 0 amide bonds. The Bertz CT molecular complexity index is 171. The molecule has 4 nitrogen and oxygen atoms in total. The van der Waals surface area contributed by atoms with Crippen LogP contribution in [0.5, 0.6) is 0 Å². The number of unbranched alkanes of at least 4 members (excludes halogenated alkanes) is 2. The van der Waals surface area contributed by atoms with E-state index in [0.29, 0.717) is 26.2 Å². The van der Waals surface area contributed by atoms with Crippen LogP contribution in [0.25, 0.3) is 0 Å². The Morgan fingerprint density at radius 1 is 0.824 bits per heavy atom. The van der Waals surface area contributed by atoms with E-state index in [1.807, 2.05) is 0 Å². The first kappa shape index (κ1) is 16.4. The van der Waals surface area contributed by atoms with Crippen molar-refractivity contribution in [1.29, 1.82) is 0 Å². The molecular weight excluding hydrogens is 220 g/mol. The lowest BCUT2D eigenvalue weighted by Crippen LogP contribution is -2.13. The topological polar surface area (TPSA) is 44.8 Å². The van der Waals surface area contributed by atoms with Crippen LogP contribution in [0.2, 0.25) is 0 Å². The number of carbonyl (C=O) groups excluding carboxylic acids is 1. The predicted octanol–water partition coefficient (Wildman–Crippen LogP) is 2.55. The lowest BCUT2D eigenvalue weighted by molar-refractivity contribution is -0.146. The van der Waals surface area contributed by atoms with Gasteiger partial charge in [-0.2, -0.15) is 0 Å². The molecule has 0 aromatic heterocycles. The monoisotopic (exact) mass is 246 g/mol. The number of ether oxygens (including phenoxy) is 3. The first-order valence-electron chi connectivity index (χ1n) is 6.62. The number of rotatable bonds is 12. The van der Waals surface area contributed by atoms with Gasteiger partial charge in [0.05, 0.1) is 19.6 Å². The lowest BCUT2D eigenvalue weighted by Gasteiger charge is -2.06. The molecule has 0 heterocycles. The number of hydrogen-bond acceptors (Lipinski definition) is 4. The van der Waals surface area contributed by atoms with E-state index in [4.69, 9.17) is 14.2 Å². The highest BCUT2D eigenvalue weighted by atomic mass is 16.6. The fraction of sp³-hybridized carbons (Fsp3) is 0.923. The highest BCUT2D eigenvalue weighted by molar-refractivity contribution is 5.69. The summed E-state index contributed by atoms with van der Waals surface area (Å²) in [7, 11) is 0. The molecule has 0 N–H and O–H groups in total. The van der Waals surface area contributed by atoms with E-state index in [1.54, 1.807) is 0 Å². The van der Waals surface area contributed by atoms with Crippen LogP contribution in [0.15, 0.2) is 0 Å². The van der Waals surface area contributed by atoms with Gasteiger partial charge in [-0.3, -0.25) is 4.79 Å². The summed E-state index contributed by atoms with van der Waals surface area (Å²) in [5.74, 6) is -0.208. The first-order valence-corrected chi connectivity index (χ1v) is 6.62. The van der Waals surface area contributed by atoms with Crippen molar-refractivity contribution < 1.29 is 19.0 Å². The Labute approximate surface area is 105 Å². The van der Waals surface area contributed by atoms with E-state index < -0.39 is 0 Å². The fourth-order valence-electron chi connectivity index (χ4n) is 1.14. The van der Waals surface area contributed by atoms with E-state index in [1.165, 1.54) is 0 Å². The highest BCUT2D eigenvalue weighted by Gasteiger charge is 2.02. The molecule has 0 aliphatic heterocycles. The van der Waals surface area contributed by atoms with Crippen molar-refractivity contribution in [2.75, 3.05) is 33.0 Å². The molecule has 17 heavy (non-hydrogen) atoms. The largest absolute Gasteiger partial charge is 0.463 e. The second kappa shape index (κ2) is 13.5. The van der Waals surface area contributed by atoms with E-state index in [0.717, 1.165) is 38.9 Å². The molecule has 0 aromatic carbocycles. The summed E-state index contributed by atoms with van der Waals surface area (Å²) in [4.78, 5) is 11.2. The number of hydrogen-bond donors (Lipinski definition) is 0. The van der Waals surface area contributed by atoms with Crippen molar-refractivity contribution in [3.8, 4) is 0 Å². The summed E-state index contributed by atoms with van der Waals surface area (Å²) in [5, 5.41) is 0. The van der Waals surface area contributed by atoms with Gasteiger partial charge in [0.1, 0.15) is 6.61 Å². The summed E-state index contributed by atoms with van der Waals surface area (Å²) >= 11 is 0. The number of esters is 1. The molecule has 4 heteroatoms. The molecule has 0 aliphatic rings. The van der Waals surface area contributed by atoms with Gasteiger partial charge in [-0.1, -0.05) is 26.7 Å². The van der Waals surface area contributed by atoms with Gasteiger partial charge >= 0.3 is 5.97 Å². The summed E-state index contributed by atoms with van der Waals surface area (Å²) in [6.07, 6.45) is 4.66. The molecular formula is C13H26O4. The summed E-state index contributed by atoms with van der Waals surface area (Å²) in [5.41, 5.74) is 0. The zero-order chi connectivity index (χ0) is 12.8. The molecule has 0 bridgehead atoms. The third-order valence-electron chi connectivity index (χ3n) is 2.23. The maximum absolute atomic E-state index is 11.2. The Kier molecular flexibility index (Phi) is 13.0. The summed E-state index contributed by atoms with van der Waals surface area (Å²) < 4.78 is 15.5. The smallest absolute Gasteiger partial charge is 0.308 e. The molecule has 0 aromatic rings. The Hall–Kier alpha value is -0.610. The lowest BCUT2D eigenvalue weighted by atomic mass is 10.4. The minimum absolute atomic E-state index is 0.208. The van der Waals surface area contributed by atoms with Gasteiger partial charge in [0.25, 0.3) is 0 Å². The van der Waals surface area contributed by atoms with Crippen LogP contribution in [0.1, 0.15) is 46.0 Å². The predicted molar refractivity (Wildman–Crippen MR) is 67.0 cm³/mol. The van der Waals surface area contributed by atoms with Crippen molar-refractivity contribution in [1.82, 2.24) is 0 Å². The van der Waals surface area contributed by atoms with Gasteiger partial charge in [-0.25, -0.2) is 0 Å². The molecule has 0 spiro atoms. The van der Waals surface area contributed by atoms with Crippen LogP contribution < -0.4 is 0 Å². The van der Waals surface area contributed by atoms with E-state index in [9.17, 15) is 4.79 Å². The summed E-state index contributed by atoms with van der Waals surface area (Å²) in [6.45, 7) is 6.98. The molecule has 0 aliphatic carbocycles. The molecule has 0 saturated carbocycles. The molecule has 0 saturated heterocycles. The Morgan fingerprint density at radius 2 is 1.41 bits per heavy atom. The highest BCUT2D eigenvalue weighted by Crippen LogP contribution is 1.93. The van der Waals surface area contributed by atoms with Crippen LogP contribution in [0.3, 0.4) is 0 Å². The van der Waals surface area contributed by atoms with Crippen molar-refractivity contribution in [3.05, 3.63) is 0 Å². The SMILES string of the molecule is CCCCOCCOC(=O)CCOCCCC. The van der Waals surface area contributed by atoms with Gasteiger partial charge in [0, 0.05) is 13.2 Å². The van der Waals surface area contributed by atoms with Crippen molar-refractivity contribution in [2.24, 2.45) is 0 Å². The van der Waals surface area contributed by atoms with Gasteiger partial charge < -0.3 is 14.2 Å². The van der Waals surface area contributed by atoms with Crippen LogP contribution in [0, 0.1) is 0 Å². The quantitative estimate of drug-likeness (QED) is 0.392. The second-order valence-corrected chi connectivity index (χ2v) is 3.90. The number of carbonyl (C=O) groups is 1. The third-order valence-corrected chi connectivity index (χ3v) is 2.23. The Balaban J connectivity index is 3.12. The Morgan fingerprint density at radius 3 is 2.00 bits per heavy atom. The standard InChI is InChI=1S/C13H26O4/c1-3-5-8-15-10-7-13(14)17-12-11-16-9-6-4-2/h3-12H2,1-2H3. The third kappa shape index (κ3) is 13.3. The minimum atomic E-state index is -0.208. The van der Waals surface area contributed by atoms with Gasteiger partial charge in [0.2, 0.25) is 0 Å². The molecule has 0 radical (unpaired) electrons. The summed E-state index contributed by atoms with van der Waals surface area (Å²) in [6, 6.07) is 0. The van der Waals surface area contributed by atoms with Crippen molar-refractivity contribution in [3.63, 3.8) is 0 Å². The van der Waals surface area contributed by atoms with E-state index in [2.05, 4.69) is 13.8 Å². The van der Waals surface area contributed by atoms with E-state index in [-0.39, 0.29) is 5.97 Å². The molecule has 0 fully saturated rings. The van der Waals surface area contributed by atoms with Crippen LogP contribution in [0.4, 0.5) is 0 Å². The van der Waals surface area contributed by atoms with E-state index >= 15 is 0 Å². The average molecular weight is 246 g/mol. The average Bonchev–Trinajstić information content (AvgIpc) is 2.33. The maximum Gasteiger partial charge on any atom is 0.308 e. The molecule has 0 unspecified atom stereocenters. The zero-order valence-electron chi connectivity index (χ0n) is 11.2. The zero-order valence-corrected chi connectivity index (χ0v) is 11.2. The van der Waals surface area contributed by atoms with Crippen LogP contribution in [-0.4, -0.2) is 39.0 Å². The first-order chi connectivity index (χ1) is 8.31. The maximum atomic E-state index is 11.2. The van der Waals surface area contributed by atoms with Gasteiger partial charge in [-0.15, -0.1) is 0 Å². The molecule has 0 atom stereocenters. The van der Waals surface area contributed by atoms with Gasteiger partial charge in [-0.05, 0) is 12.8 Å².